The van der Waals surface area contributed by atoms with Gasteiger partial charge in [0, 0.05) is 13.2 Å². The zero-order valence-electron chi connectivity index (χ0n) is 22.7. The summed E-state index contributed by atoms with van der Waals surface area (Å²) in [5, 5.41) is 2.65. The van der Waals surface area contributed by atoms with Gasteiger partial charge >= 0.3 is 5.97 Å². The van der Waals surface area contributed by atoms with Gasteiger partial charge in [-0.2, -0.15) is 0 Å². The molecule has 1 atom stereocenters. The standard InChI is InChI=1S/C31H36F2N2O4.H2/c1-4-26(14-9-17-35(5-2)6-3)39-30(36)21-38-27-13-8-12-25(20-27)34-31(37)28-19-23(15-16-29(28)33)22-10-7-11-24(32)18-22;/h7-8,10-13,15-16,18-20,26H,4-6,9,14,17,21H2,1-3H3,(H,34,37);1H. The van der Waals surface area contributed by atoms with Gasteiger partial charge in [-0.25, -0.2) is 13.6 Å². The fourth-order valence-electron chi connectivity index (χ4n) is 4.20. The van der Waals surface area contributed by atoms with Crippen molar-refractivity contribution in [3.8, 4) is 16.9 Å². The quantitative estimate of drug-likeness (QED) is 0.224. The Hall–Kier alpha value is -3.78. The Balaban J connectivity index is 0.00000560. The smallest absolute Gasteiger partial charge is 0.344 e. The summed E-state index contributed by atoms with van der Waals surface area (Å²) in [6, 6.07) is 16.4. The molecule has 0 saturated carbocycles. The van der Waals surface area contributed by atoms with E-state index >= 15 is 0 Å². The lowest BCUT2D eigenvalue weighted by Crippen LogP contribution is -2.26. The molecule has 8 heteroatoms. The van der Waals surface area contributed by atoms with E-state index in [9.17, 15) is 18.4 Å². The number of nitrogens with one attached hydrogen (secondary N) is 1. The number of nitrogens with zero attached hydrogens (tertiary/aromatic N) is 1. The van der Waals surface area contributed by atoms with Gasteiger partial charge in [0.2, 0.25) is 0 Å². The molecule has 0 aromatic heterocycles. The summed E-state index contributed by atoms with van der Waals surface area (Å²) in [5.41, 5.74) is 1.22. The van der Waals surface area contributed by atoms with E-state index in [1.54, 1.807) is 36.4 Å². The highest BCUT2D eigenvalue weighted by Crippen LogP contribution is 2.24. The molecule has 6 nitrogen and oxygen atoms in total. The average Bonchev–Trinajstić information content (AvgIpc) is 2.94. The second kappa shape index (κ2) is 15.0. The molecule has 0 aliphatic rings. The molecule has 210 valence electrons. The minimum absolute atomic E-state index is 0. The van der Waals surface area contributed by atoms with E-state index in [0.717, 1.165) is 38.9 Å². The molecule has 3 rings (SSSR count). The van der Waals surface area contributed by atoms with Crippen molar-refractivity contribution < 1.29 is 29.3 Å². The Morgan fingerprint density at radius 2 is 1.69 bits per heavy atom. The van der Waals surface area contributed by atoms with Crippen LogP contribution in [0.1, 0.15) is 51.8 Å². The van der Waals surface area contributed by atoms with Crippen LogP contribution >= 0.6 is 0 Å². The van der Waals surface area contributed by atoms with Gasteiger partial charge in [-0.3, -0.25) is 4.79 Å². The van der Waals surface area contributed by atoms with Gasteiger partial charge in [0.1, 0.15) is 23.5 Å². The molecule has 1 N–H and O–H groups in total. The number of benzene rings is 3. The van der Waals surface area contributed by atoms with E-state index in [2.05, 4.69) is 24.1 Å². The van der Waals surface area contributed by atoms with Gasteiger partial charge < -0.3 is 19.7 Å². The zero-order chi connectivity index (χ0) is 28.2. The molecule has 39 heavy (non-hydrogen) atoms. The fourth-order valence-corrected chi connectivity index (χ4v) is 4.20. The van der Waals surface area contributed by atoms with Gasteiger partial charge in [-0.1, -0.05) is 45.0 Å². The molecule has 0 radical (unpaired) electrons. The van der Waals surface area contributed by atoms with Gasteiger partial charge in [-0.05, 0) is 86.4 Å². The molecule has 0 aliphatic heterocycles. The van der Waals surface area contributed by atoms with Gasteiger partial charge in [0.05, 0.1) is 5.56 Å². The average molecular weight is 541 g/mol. The van der Waals surface area contributed by atoms with Crippen molar-refractivity contribution in [2.24, 2.45) is 0 Å². The maximum atomic E-state index is 14.5. The van der Waals surface area contributed by atoms with Crippen LogP contribution in [0.15, 0.2) is 66.7 Å². The molecule has 1 unspecified atom stereocenters. The third-order valence-electron chi connectivity index (χ3n) is 6.47. The Morgan fingerprint density at radius 1 is 0.949 bits per heavy atom. The molecular formula is C31H38F2N2O4. The van der Waals surface area contributed by atoms with Crippen molar-refractivity contribution in [3.63, 3.8) is 0 Å². The zero-order valence-corrected chi connectivity index (χ0v) is 22.7. The summed E-state index contributed by atoms with van der Waals surface area (Å²) < 4.78 is 39.3. The maximum Gasteiger partial charge on any atom is 0.344 e. The summed E-state index contributed by atoms with van der Waals surface area (Å²) >= 11 is 0. The van der Waals surface area contributed by atoms with Crippen LogP contribution in [0.3, 0.4) is 0 Å². The lowest BCUT2D eigenvalue weighted by molar-refractivity contribution is -0.152. The molecule has 0 heterocycles. The van der Waals surface area contributed by atoms with E-state index in [1.807, 2.05) is 6.92 Å². The van der Waals surface area contributed by atoms with E-state index in [1.165, 1.54) is 30.3 Å². The number of hydrogen-bond donors (Lipinski definition) is 1. The first-order valence-corrected chi connectivity index (χ1v) is 13.3. The van der Waals surface area contributed by atoms with Crippen LogP contribution in [0.2, 0.25) is 0 Å². The van der Waals surface area contributed by atoms with Crippen LogP contribution in [0.5, 0.6) is 5.75 Å². The lowest BCUT2D eigenvalue weighted by Gasteiger charge is -2.20. The van der Waals surface area contributed by atoms with Crippen molar-refractivity contribution >= 4 is 17.6 Å². The first-order chi connectivity index (χ1) is 18.8. The second-order valence-electron chi connectivity index (χ2n) is 9.16. The van der Waals surface area contributed by atoms with Gasteiger partial charge in [0.25, 0.3) is 5.91 Å². The number of anilines is 1. The van der Waals surface area contributed by atoms with E-state index in [4.69, 9.17) is 9.47 Å². The van der Waals surface area contributed by atoms with Gasteiger partial charge in [0.15, 0.2) is 6.61 Å². The van der Waals surface area contributed by atoms with Crippen LogP contribution in [0.25, 0.3) is 11.1 Å². The number of esters is 1. The molecule has 1 amide bonds. The van der Waals surface area contributed by atoms with E-state index in [0.29, 0.717) is 22.6 Å². The molecule has 0 spiro atoms. The maximum absolute atomic E-state index is 14.5. The molecule has 3 aromatic carbocycles. The minimum Gasteiger partial charge on any atom is -0.482 e. The number of halogens is 2. The third kappa shape index (κ3) is 9.18. The Morgan fingerprint density at radius 3 is 2.41 bits per heavy atom. The van der Waals surface area contributed by atoms with Crippen molar-refractivity contribution in [3.05, 3.63) is 83.9 Å². The van der Waals surface area contributed by atoms with Crippen LogP contribution in [-0.2, 0) is 9.53 Å². The lowest BCUT2D eigenvalue weighted by atomic mass is 10.0. The summed E-state index contributed by atoms with van der Waals surface area (Å²) in [6.07, 6.45) is 2.29. The van der Waals surface area contributed by atoms with Gasteiger partial charge in [-0.15, -0.1) is 0 Å². The molecule has 3 aromatic rings. The van der Waals surface area contributed by atoms with Crippen LogP contribution < -0.4 is 10.1 Å². The Labute approximate surface area is 230 Å². The Bertz CT molecular complexity index is 1250. The molecule has 0 fully saturated rings. The normalized spacial score (nSPS) is 11.7. The topological polar surface area (TPSA) is 67.9 Å². The Kier molecular flexibility index (Phi) is 11.4. The first-order valence-electron chi connectivity index (χ1n) is 13.3. The summed E-state index contributed by atoms with van der Waals surface area (Å²) in [6.45, 7) is 8.93. The predicted octanol–water partition coefficient (Wildman–Crippen LogP) is 6.95. The molecular weight excluding hydrogens is 502 g/mol. The highest BCUT2D eigenvalue weighted by molar-refractivity contribution is 6.05. The number of carbonyl (C=O) groups is 2. The highest BCUT2D eigenvalue weighted by atomic mass is 19.1. The fraction of sp³-hybridized carbons (Fsp3) is 0.355. The highest BCUT2D eigenvalue weighted by Gasteiger charge is 2.16. The van der Waals surface area contributed by atoms with Crippen molar-refractivity contribution in [2.45, 2.75) is 46.1 Å². The van der Waals surface area contributed by atoms with E-state index < -0.39 is 23.5 Å². The number of ether oxygens (including phenoxy) is 2. The van der Waals surface area contributed by atoms with Crippen molar-refractivity contribution in [1.82, 2.24) is 4.90 Å². The molecule has 0 bridgehead atoms. The first kappa shape index (κ1) is 29.8. The predicted molar refractivity (Wildman–Crippen MR) is 151 cm³/mol. The third-order valence-corrected chi connectivity index (χ3v) is 6.47. The molecule has 0 aliphatic carbocycles. The van der Waals surface area contributed by atoms with Crippen LogP contribution in [0, 0.1) is 11.6 Å². The summed E-state index contributed by atoms with van der Waals surface area (Å²) in [7, 11) is 0. The SMILES string of the molecule is CCC(CCCN(CC)CC)OC(=O)COc1cccc(NC(=O)c2cc(-c3cccc(F)c3)ccc2F)c1.[HH]. The largest absolute Gasteiger partial charge is 0.482 e. The molecule has 0 saturated heterocycles. The van der Waals surface area contributed by atoms with Crippen molar-refractivity contribution in [1.29, 1.82) is 0 Å². The van der Waals surface area contributed by atoms with E-state index in [-0.39, 0.29) is 19.7 Å². The number of carbonyl (C=O) groups excluding carboxylic acids is 2. The second-order valence-corrected chi connectivity index (χ2v) is 9.16. The van der Waals surface area contributed by atoms with Crippen molar-refractivity contribution in [2.75, 3.05) is 31.6 Å². The number of hydrogen-bond acceptors (Lipinski definition) is 5. The summed E-state index contributed by atoms with van der Waals surface area (Å²) in [5.74, 6) is -1.91. The monoisotopic (exact) mass is 540 g/mol. The van der Waals surface area contributed by atoms with Crippen LogP contribution in [0.4, 0.5) is 14.5 Å². The number of amides is 1. The number of rotatable bonds is 14. The summed E-state index contributed by atoms with van der Waals surface area (Å²) in [4.78, 5) is 27.5. The van der Waals surface area contributed by atoms with Crippen LogP contribution in [-0.4, -0.2) is 49.1 Å². The minimum atomic E-state index is -0.703.